The number of carbonyl (C=O) groups excluding carboxylic acids is 1. The van der Waals surface area contributed by atoms with Crippen molar-refractivity contribution < 1.29 is 4.79 Å². The number of rotatable bonds is 4. The van der Waals surface area contributed by atoms with Crippen LogP contribution in [0.25, 0.3) is 0 Å². The Morgan fingerprint density at radius 1 is 1.27 bits per heavy atom. The molecule has 3 heteroatoms. The smallest absolute Gasteiger partial charge is 0.133 e. The standard InChI is InChI=1S/C12H24N2O/c1-10(2)12-9-14(11(3)4)6-5-13(12)7-8-15/h8,10-12H,5-7,9H2,1-4H3. The highest BCUT2D eigenvalue weighted by Gasteiger charge is 2.29. The van der Waals surface area contributed by atoms with Crippen molar-refractivity contribution >= 4 is 6.29 Å². The number of piperazine rings is 1. The van der Waals surface area contributed by atoms with Gasteiger partial charge in [-0.25, -0.2) is 0 Å². The normalized spacial score (nSPS) is 25.1. The lowest BCUT2D eigenvalue weighted by Crippen LogP contribution is -2.57. The molecule has 1 saturated heterocycles. The SMILES string of the molecule is CC(C)C1CN(C(C)C)CCN1CC=O. The predicted octanol–water partition coefficient (Wildman–Crippen LogP) is 1.24. The zero-order chi connectivity index (χ0) is 11.4. The fraction of sp³-hybridized carbons (Fsp3) is 0.917. The molecule has 1 unspecified atom stereocenters. The lowest BCUT2D eigenvalue weighted by molar-refractivity contribution is -0.110. The van der Waals surface area contributed by atoms with Crippen LogP contribution in [-0.2, 0) is 4.79 Å². The highest BCUT2D eigenvalue weighted by Crippen LogP contribution is 2.18. The minimum absolute atomic E-state index is 0.534. The highest BCUT2D eigenvalue weighted by molar-refractivity contribution is 5.52. The van der Waals surface area contributed by atoms with Crippen LogP contribution >= 0.6 is 0 Å². The molecule has 0 aromatic carbocycles. The zero-order valence-corrected chi connectivity index (χ0v) is 10.4. The number of hydrogen-bond donors (Lipinski definition) is 0. The van der Waals surface area contributed by atoms with Crippen LogP contribution in [0.15, 0.2) is 0 Å². The van der Waals surface area contributed by atoms with Gasteiger partial charge in [-0.1, -0.05) is 13.8 Å². The van der Waals surface area contributed by atoms with E-state index in [4.69, 9.17) is 0 Å². The molecule has 0 aliphatic carbocycles. The quantitative estimate of drug-likeness (QED) is 0.655. The maximum Gasteiger partial charge on any atom is 0.133 e. The third-order valence-corrected chi connectivity index (χ3v) is 3.37. The van der Waals surface area contributed by atoms with Crippen molar-refractivity contribution in [3.63, 3.8) is 0 Å². The van der Waals surface area contributed by atoms with E-state index in [1.165, 1.54) is 0 Å². The van der Waals surface area contributed by atoms with Crippen LogP contribution in [-0.4, -0.2) is 54.3 Å². The monoisotopic (exact) mass is 212 g/mol. The first-order chi connectivity index (χ1) is 7.06. The van der Waals surface area contributed by atoms with Crippen molar-refractivity contribution in [2.75, 3.05) is 26.2 Å². The average molecular weight is 212 g/mol. The Balaban J connectivity index is 2.60. The number of nitrogens with zero attached hydrogens (tertiary/aromatic N) is 2. The number of carbonyl (C=O) groups is 1. The van der Waals surface area contributed by atoms with E-state index in [1.54, 1.807) is 0 Å². The molecule has 0 bridgehead atoms. The van der Waals surface area contributed by atoms with E-state index in [0.717, 1.165) is 25.9 Å². The van der Waals surface area contributed by atoms with Gasteiger partial charge in [-0.2, -0.15) is 0 Å². The van der Waals surface area contributed by atoms with Crippen LogP contribution in [0.1, 0.15) is 27.7 Å². The Bertz CT molecular complexity index is 204. The molecule has 3 nitrogen and oxygen atoms in total. The van der Waals surface area contributed by atoms with E-state index in [0.29, 0.717) is 24.5 Å². The Labute approximate surface area is 93.4 Å². The van der Waals surface area contributed by atoms with Gasteiger partial charge < -0.3 is 4.79 Å². The summed E-state index contributed by atoms with van der Waals surface area (Å²) >= 11 is 0. The van der Waals surface area contributed by atoms with Crippen LogP contribution in [0.4, 0.5) is 0 Å². The van der Waals surface area contributed by atoms with Gasteiger partial charge in [0.2, 0.25) is 0 Å². The Hall–Kier alpha value is -0.410. The fourth-order valence-electron chi connectivity index (χ4n) is 2.29. The topological polar surface area (TPSA) is 23.6 Å². The maximum absolute atomic E-state index is 10.6. The molecule has 1 fully saturated rings. The molecule has 0 radical (unpaired) electrons. The second-order valence-corrected chi connectivity index (χ2v) is 5.06. The summed E-state index contributed by atoms with van der Waals surface area (Å²) in [6.07, 6.45) is 1.03. The van der Waals surface area contributed by atoms with Crippen molar-refractivity contribution in [2.45, 2.75) is 39.8 Å². The summed E-state index contributed by atoms with van der Waals surface area (Å²) < 4.78 is 0. The first kappa shape index (κ1) is 12.7. The van der Waals surface area contributed by atoms with Gasteiger partial charge in [0.25, 0.3) is 0 Å². The van der Waals surface area contributed by atoms with Crippen molar-refractivity contribution in [1.29, 1.82) is 0 Å². The minimum atomic E-state index is 0.534. The fourth-order valence-corrected chi connectivity index (χ4v) is 2.29. The summed E-state index contributed by atoms with van der Waals surface area (Å²) in [7, 11) is 0. The summed E-state index contributed by atoms with van der Waals surface area (Å²) in [5, 5.41) is 0. The molecule has 0 aromatic rings. The Kier molecular flexibility index (Phi) is 4.74. The van der Waals surface area contributed by atoms with Gasteiger partial charge in [-0.3, -0.25) is 9.80 Å². The first-order valence-corrected chi connectivity index (χ1v) is 5.98. The van der Waals surface area contributed by atoms with Crippen molar-refractivity contribution in [2.24, 2.45) is 5.92 Å². The molecule has 1 aliphatic rings. The minimum Gasteiger partial charge on any atom is -0.302 e. The molecule has 0 aromatic heterocycles. The van der Waals surface area contributed by atoms with E-state index >= 15 is 0 Å². The molecule has 1 aliphatic heterocycles. The molecule has 1 rings (SSSR count). The van der Waals surface area contributed by atoms with Crippen LogP contribution in [0.3, 0.4) is 0 Å². The molecule has 15 heavy (non-hydrogen) atoms. The molecule has 0 amide bonds. The maximum atomic E-state index is 10.6. The third kappa shape index (κ3) is 3.28. The van der Waals surface area contributed by atoms with E-state index < -0.39 is 0 Å². The summed E-state index contributed by atoms with van der Waals surface area (Å²) in [4.78, 5) is 15.4. The molecule has 0 saturated carbocycles. The number of aldehydes is 1. The molecule has 0 N–H and O–H groups in total. The van der Waals surface area contributed by atoms with Gasteiger partial charge in [0.15, 0.2) is 0 Å². The third-order valence-electron chi connectivity index (χ3n) is 3.37. The van der Waals surface area contributed by atoms with Crippen molar-refractivity contribution in [3.8, 4) is 0 Å². The highest BCUT2D eigenvalue weighted by atomic mass is 16.1. The molecular formula is C12H24N2O. The summed E-state index contributed by atoms with van der Waals surface area (Å²) in [6, 6.07) is 1.15. The number of hydrogen-bond acceptors (Lipinski definition) is 3. The lowest BCUT2D eigenvalue weighted by Gasteiger charge is -2.44. The predicted molar refractivity (Wildman–Crippen MR) is 63.0 cm³/mol. The van der Waals surface area contributed by atoms with E-state index in [9.17, 15) is 4.79 Å². The van der Waals surface area contributed by atoms with Gasteiger partial charge in [0.05, 0.1) is 6.54 Å². The van der Waals surface area contributed by atoms with Crippen molar-refractivity contribution in [1.82, 2.24) is 9.80 Å². The zero-order valence-electron chi connectivity index (χ0n) is 10.4. The van der Waals surface area contributed by atoms with Gasteiger partial charge in [0.1, 0.15) is 6.29 Å². The van der Waals surface area contributed by atoms with Crippen LogP contribution in [0.5, 0.6) is 0 Å². The lowest BCUT2D eigenvalue weighted by atomic mass is 9.99. The first-order valence-electron chi connectivity index (χ1n) is 5.98. The van der Waals surface area contributed by atoms with Crippen LogP contribution in [0, 0.1) is 5.92 Å². The van der Waals surface area contributed by atoms with E-state index in [2.05, 4.69) is 37.5 Å². The molecule has 88 valence electrons. The van der Waals surface area contributed by atoms with Crippen LogP contribution in [0.2, 0.25) is 0 Å². The summed E-state index contributed by atoms with van der Waals surface area (Å²) in [5.41, 5.74) is 0. The van der Waals surface area contributed by atoms with Gasteiger partial charge in [0, 0.05) is 31.7 Å². The second kappa shape index (κ2) is 5.61. The molecule has 1 atom stereocenters. The van der Waals surface area contributed by atoms with Crippen LogP contribution < -0.4 is 0 Å². The largest absolute Gasteiger partial charge is 0.302 e. The molecule has 1 heterocycles. The molecular weight excluding hydrogens is 188 g/mol. The van der Waals surface area contributed by atoms with E-state index in [-0.39, 0.29) is 0 Å². The summed E-state index contributed by atoms with van der Waals surface area (Å²) in [6.45, 7) is 12.8. The van der Waals surface area contributed by atoms with Crippen molar-refractivity contribution in [3.05, 3.63) is 0 Å². The molecule has 0 spiro atoms. The van der Waals surface area contributed by atoms with Gasteiger partial charge in [-0.05, 0) is 19.8 Å². The summed E-state index contributed by atoms with van der Waals surface area (Å²) in [5.74, 6) is 0.617. The van der Waals surface area contributed by atoms with Gasteiger partial charge >= 0.3 is 0 Å². The Morgan fingerprint density at radius 2 is 1.93 bits per heavy atom. The van der Waals surface area contributed by atoms with E-state index in [1.807, 2.05) is 0 Å². The Morgan fingerprint density at radius 3 is 2.40 bits per heavy atom. The average Bonchev–Trinajstić information content (AvgIpc) is 2.18. The second-order valence-electron chi connectivity index (χ2n) is 5.06. The van der Waals surface area contributed by atoms with Gasteiger partial charge in [-0.15, -0.1) is 0 Å².